The zero-order valence-corrected chi connectivity index (χ0v) is 77.8. The van der Waals surface area contributed by atoms with Gasteiger partial charge in [-0.25, -0.2) is 24.9 Å². The van der Waals surface area contributed by atoms with Crippen molar-refractivity contribution in [2.24, 2.45) is 0 Å². The van der Waals surface area contributed by atoms with Gasteiger partial charge >= 0.3 is 0 Å². The molecule has 4 aliphatic rings. The van der Waals surface area contributed by atoms with Gasteiger partial charge in [0.1, 0.15) is 16.1 Å². The number of aliphatic hydroxyl groups is 4. The fraction of sp³-hybridized carbons (Fsp3) is 0.283. The third-order valence-electron chi connectivity index (χ3n) is 26.1. The molecule has 0 spiro atoms. The van der Waals surface area contributed by atoms with Crippen molar-refractivity contribution < 1.29 is 43.8 Å². The molecule has 680 valence electrons. The Balaban J connectivity index is 0.000000115. The molecule has 13 heterocycles. The Morgan fingerprint density at radius 1 is 0.396 bits per heavy atom. The van der Waals surface area contributed by atoms with Gasteiger partial charge in [-0.15, -0.1) is 11.3 Å². The largest absolute Gasteiger partial charge is 0.460 e. The molecule has 28 heteroatoms. The Morgan fingerprint density at radius 3 is 1.07 bits per heavy atom. The number of rotatable bonds is 15. The highest BCUT2D eigenvalue weighted by atomic mass is 32.1. The van der Waals surface area contributed by atoms with Crippen LogP contribution < -0.4 is 27.4 Å². The van der Waals surface area contributed by atoms with E-state index in [1.165, 1.54) is 10.8 Å². The number of thiazole rings is 1. The van der Waals surface area contributed by atoms with E-state index in [-0.39, 0.29) is 72.8 Å². The second kappa shape index (κ2) is 38.9. The van der Waals surface area contributed by atoms with E-state index in [9.17, 15) is 39.6 Å². The van der Waals surface area contributed by atoms with Crippen LogP contribution in [0.15, 0.2) is 262 Å². The number of ether oxygens (including phenoxy) is 4. The molecule has 22 rings (SSSR count). The van der Waals surface area contributed by atoms with Crippen LogP contribution in [0.25, 0.3) is 109 Å². The molecule has 4 fully saturated rings. The SMILES string of the molecule is C[Si](C)(C)c1ccc(Cc2cc3c(=O)n([C@H]4CCOC[C@@H]4O)cnc3c3ccccc23)cc1.Cc1ccc(-c2cc(Cc3cc4c(=O)n([C@H]5CCOC[C@@H]5O)cnc4c4ccccc34)ccn2)o1.Cc1nc(C)c(-c2cc(Cc3cc4c(=O)n([C@H]5CCOC[C@@H]5O)cnc4c4ccccc34)ccn2)s1.O=c1c2cc(Cc3ccc(=S)[nH]c3)c3ccccc3c2ncn1[C@H]1CCOC[C@@H]1O. The molecule has 0 bridgehead atoms. The molecule has 0 unspecified atom stereocenters. The summed E-state index contributed by atoms with van der Waals surface area (Å²) in [5, 5.41) is 54.5. The summed E-state index contributed by atoms with van der Waals surface area (Å²) in [6.07, 6.45) is 13.9. The lowest BCUT2D eigenvalue weighted by Gasteiger charge is -2.29. The van der Waals surface area contributed by atoms with Crippen LogP contribution in [0.5, 0.6) is 0 Å². The number of aliphatic hydroxyl groups excluding tert-OH is 4. The van der Waals surface area contributed by atoms with Crippen LogP contribution in [-0.2, 0) is 44.6 Å². The van der Waals surface area contributed by atoms with Gasteiger partial charge in [0.15, 0.2) is 5.76 Å². The first kappa shape index (κ1) is 90.2. The minimum atomic E-state index is -1.35. The van der Waals surface area contributed by atoms with Crippen LogP contribution in [0.2, 0.25) is 19.6 Å². The highest BCUT2D eigenvalue weighted by Gasteiger charge is 2.33. The second-order valence-electron chi connectivity index (χ2n) is 36.1. The van der Waals surface area contributed by atoms with E-state index in [0.29, 0.717) is 120 Å². The predicted molar refractivity (Wildman–Crippen MR) is 530 cm³/mol. The van der Waals surface area contributed by atoms with E-state index >= 15 is 0 Å². The fourth-order valence-corrected chi connectivity index (χ4v) is 21.4. The number of nitrogens with one attached hydrogen (secondary N) is 1. The molecule has 18 aromatic rings. The van der Waals surface area contributed by atoms with E-state index in [1.54, 1.807) is 61.1 Å². The molecule has 25 nitrogen and oxygen atoms in total. The maximum absolute atomic E-state index is 13.7. The van der Waals surface area contributed by atoms with Gasteiger partial charge in [0.25, 0.3) is 22.2 Å². The summed E-state index contributed by atoms with van der Waals surface area (Å²) in [7, 11) is -1.35. The third kappa shape index (κ3) is 18.7. The monoisotopic (exact) mass is 1840 g/mol. The van der Waals surface area contributed by atoms with E-state index < -0.39 is 32.5 Å². The van der Waals surface area contributed by atoms with Crippen molar-refractivity contribution in [2.45, 2.75) is 140 Å². The fourth-order valence-electron chi connectivity index (χ4n) is 19.2. The quantitative estimate of drug-likeness (QED) is 0.0362. The molecule has 9 aromatic carbocycles. The highest BCUT2D eigenvalue weighted by molar-refractivity contribution is 7.71. The van der Waals surface area contributed by atoms with Gasteiger partial charge in [-0.1, -0.05) is 164 Å². The number of fused-ring (bicyclic) bond motifs is 12. The summed E-state index contributed by atoms with van der Waals surface area (Å²) in [5.41, 5.74) is 13.7. The number of aryl methyl sites for hydroxylation is 3. The highest BCUT2D eigenvalue weighted by Crippen LogP contribution is 2.37. The van der Waals surface area contributed by atoms with Gasteiger partial charge in [-0.05, 0) is 205 Å². The molecule has 4 saturated heterocycles. The van der Waals surface area contributed by atoms with Crippen molar-refractivity contribution in [3.05, 3.63) is 345 Å². The van der Waals surface area contributed by atoms with Crippen molar-refractivity contribution in [2.75, 3.05) is 52.9 Å². The lowest BCUT2D eigenvalue weighted by atomic mass is 9.95. The molecule has 4 aliphatic heterocycles. The molecule has 5 N–H and O–H groups in total. The maximum atomic E-state index is 13.7. The summed E-state index contributed by atoms with van der Waals surface area (Å²) in [4.78, 5) is 90.7. The van der Waals surface area contributed by atoms with Crippen molar-refractivity contribution >= 4 is 124 Å². The Morgan fingerprint density at radius 2 is 0.739 bits per heavy atom. The molecule has 9 aromatic heterocycles. The molecule has 134 heavy (non-hydrogen) atoms. The Kier molecular flexibility index (Phi) is 26.2. The Labute approximate surface area is 780 Å². The van der Waals surface area contributed by atoms with Crippen LogP contribution in [0.4, 0.5) is 0 Å². The zero-order chi connectivity index (χ0) is 92.6. The average Bonchev–Trinajstić information content (AvgIpc) is 0.813. The van der Waals surface area contributed by atoms with Crippen LogP contribution in [0, 0.1) is 25.4 Å². The van der Waals surface area contributed by atoms with Crippen molar-refractivity contribution in [1.29, 1.82) is 0 Å². The topological polar surface area (TPSA) is 325 Å². The standard InChI is InChI=1S/C28H26N4O3S.C28H25N3O4.C27H30N2O3Si.C23H21N3O3S/c1-16-27(36-17(2)31-16)23-12-18(7-9-29-23)11-19-13-22-26(21-6-4-3-5-20(19)21)30-15-32(28(22)34)24-8-10-35-14-25(24)33;1-17-6-7-26(35-17)23-13-18(8-10-29-23)12-19-14-22-27(21-5-3-2-4-20(19)21)30-16-31(28(22)33)24-9-11-34-15-25(24)32;1-33(2,3)20-10-8-18(9-11-20)14-19-15-23-26(22-7-5-4-6-21(19)22)28-17-29(27(23)31)24-12-13-32-16-25(24)30;27-20-12-29-8-7-19(20)26-13-25-22-17-4-2-1-3-16(17)15(10-18(22)23(26)28)9-14-5-6-21(30)24-11-14/h3-7,9,12-13,15,24-25,33H,8,10-11,14H2,1-2H3;2-8,10,13-14,16,24-25,32H,9,11-12,15H2,1H3;4-11,15,17,24-25,30H,12-14,16H2,1-3H3;1-6,10-11,13,19-20,27H,7-9,12H2,(H,24,30)/t3*24-,25-;19-,20-/m0000/s1. The first-order valence-electron chi connectivity index (χ1n) is 45.4. The first-order chi connectivity index (χ1) is 65.0. The number of hydrogen-bond donors (Lipinski definition) is 5. The normalized spacial score (nSPS) is 18.8. The Hall–Kier alpha value is -12.9. The molecule has 0 aliphatic carbocycles. The van der Waals surface area contributed by atoms with Gasteiger partial charge in [0.2, 0.25) is 0 Å². The summed E-state index contributed by atoms with van der Waals surface area (Å²) in [6.45, 7) is 16.0. The van der Waals surface area contributed by atoms with Gasteiger partial charge in [-0.3, -0.25) is 47.4 Å². The zero-order valence-electron chi connectivity index (χ0n) is 75.1. The lowest BCUT2D eigenvalue weighted by Crippen LogP contribution is -2.39. The first-order valence-corrected chi connectivity index (χ1v) is 50.1. The number of aromatic amines is 1. The number of nitrogens with zero attached hydrogens (tertiary/aromatic N) is 11. The van der Waals surface area contributed by atoms with Crippen LogP contribution >= 0.6 is 23.6 Å². The van der Waals surface area contributed by atoms with Gasteiger partial charge in [0.05, 0.1) is 173 Å². The number of pyridine rings is 3. The number of aromatic nitrogens is 12. The minimum Gasteiger partial charge on any atom is -0.460 e. The maximum Gasteiger partial charge on any atom is 0.261 e. The Bertz CT molecular complexity index is 7800. The van der Waals surface area contributed by atoms with Gasteiger partial charge in [-0.2, -0.15) is 0 Å². The predicted octanol–water partition coefficient (Wildman–Crippen LogP) is 16.6. The smallest absolute Gasteiger partial charge is 0.261 e. The third-order valence-corrected chi connectivity index (χ3v) is 29.5. The van der Waals surface area contributed by atoms with Crippen LogP contribution in [-0.4, -0.2) is 164 Å². The van der Waals surface area contributed by atoms with E-state index in [2.05, 4.69) is 114 Å². The molecular formula is C106H102N12O13S2Si. The molecule has 0 radical (unpaired) electrons. The van der Waals surface area contributed by atoms with Gasteiger partial charge < -0.3 is 48.8 Å². The average molecular weight is 1840 g/mol. The summed E-state index contributed by atoms with van der Waals surface area (Å²) < 4.78 is 34.1. The summed E-state index contributed by atoms with van der Waals surface area (Å²) in [5.74, 6) is 1.57. The minimum absolute atomic E-state index is 0.105. The molecule has 0 saturated carbocycles. The summed E-state index contributed by atoms with van der Waals surface area (Å²) >= 11 is 6.79. The summed E-state index contributed by atoms with van der Waals surface area (Å²) in [6, 6.07) is 63.6. The van der Waals surface area contributed by atoms with E-state index in [4.69, 9.17) is 35.6 Å². The number of H-pyrrole nitrogens is 1. The van der Waals surface area contributed by atoms with E-state index in [1.807, 2.05) is 173 Å². The second-order valence-corrected chi connectivity index (χ2v) is 42.8. The van der Waals surface area contributed by atoms with E-state index in [0.717, 1.165) is 127 Å². The number of benzene rings is 9. The molecular weight excluding hydrogens is 1740 g/mol. The molecule has 0 amide bonds. The van der Waals surface area contributed by atoms with Crippen molar-refractivity contribution in [3.63, 3.8) is 0 Å². The lowest BCUT2D eigenvalue weighted by molar-refractivity contribution is -0.0395. The van der Waals surface area contributed by atoms with Crippen molar-refractivity contribution in [3.8, 4) is 22.0 Å². The van der Waals surface area contributed by atoms with Crippen molar-refractivity contribution in [1.82, 2.24) is 58.1 Å². The molecule has 8 atom stereocenters. The van der Waals surface area contributed by atoms with Gasteiger partial charge in [0, 0.05) is 66.6 Å². The van der Waals surface area contributed by atoms with Crippen LogP contribution in [0.3, 0.4) is 0 Å². The number of hydrogen-bond acceptors (Lipinski definition) is 22. The van der Waals surface area contributed by atoms with Crippen LogP contribution in [0.1, 0.15) is 111 Å². The number of furan rings is 1.